The van der Waals surface area contributed by atoms with Crippen molar-refractivity contribution in [3.05, 3.63) is 313 Å². The molecule has 4 heterocycles. The number of allylic oxidation sites excluding steroid dienone is 1. The molecule has 2 aliphatic rings. The van der Waals surface area contributed by atoms with E-state index in [9.17, 15) is 14.7 Å². The number of fused-ring (bicyclic) bond motifs is 1. The molecular formula is C67H52ClN7O5S4. The van der Waals surface area contributed by atoms with E-state index >= 15 is 4.79 Å². The third-order valence-electron chi connectivity index (χ3n) is 15.2. The Balaban J connectivity index is 0.986. The Morgan fingerprint density at radius 3 is 1.56 bits per heavy atom. The van der Waals surface area contributed by atoms with Crippen molar-refractivity contribution in [3.63, 3.8) is 0 Å². The predicted molar refractivity (Wildman–Crippen MR) is 335 cm³/mol. The number of aliphatic carboxylic acids is 1. The molecule has 2 aliphatic heterocycles. The number of β-lactam (4-membered cyclic amide) rings is 1. The zero-order valence-electron chi connectivity index (χ0n) is 44.7. The fraction of sp³-hybridized carbons (Fsp3) is 0.119. The summed E-state index contributed by atoms with van der Waals surface area (Å²) in [6, 6.07) is 77.0. The zero-order valence-corrected chi connectivity index (χ0v) is 48.7. The Hall–Kier alpha value is -8.64. The van der Waals surface area contributed by atoms with Crippen molar-refractivity contribution in [2.45, 2.75) is 39.9 Å². The summed E-state index contributed by atoms with van der Waals surface area (Å²) < 4.78 is 0.844. The van der Waals surface area contributed by atoms with E-state index in [1.807, 2.05) is 206 Å². The summed E-state index contributed by atoms with van der Waals surface area (Å²) in [7, 11) is 0. The van der Waals surface area contributed by atoms with Gasteiger partial charge in [-0.15, -0.1) is 22.0 Å². The van der Waals surface area contributed by atoms with Crippen molar-refractivity contribution in [2.24, 2.45) is 11.1 Å². The smallest absolute Gasteiger partial charge is 0.353 e. The zero-order chi connectivity index (χ0) is 57.5. The van der Waals surface area contributed by atoms with E-state index in [-0.39, 0.29) is 27.4 Å². The van der Waals surface area contributed by atoms with E-state index in [4.69, 9.17) is 26.6 Å². The lowest BCUT2D eigenvalue weighted by atomic mass is 9.71. The summed E-state index contributed by atoms with van der Waals surface area (Å²) in [6.45, 7) is 0. The van der Waals surface area contributed by atoms with Gasteiger partial charge in [0.25, 0.3) is 11.8 Å². The highest BCUT2D eigenvalue weighted by Crippen LogP contribution is 2.52. The first-order chi connectivity index (χ1) is 41.2. The SMILES string of the molecule is O=C(O)C1=C(SCSc2nncs2)C(C(c2ccccc2)c2ccccc2)C[C@@H]2[C@H](NC(=O)C(=NOC(c3ccccc3)(c3ccccc3)c3ccccc3)c3nc(NC(c4ccccc4)(c4ccccc4)c4ccccc4)sc3Cl)C(=O)N12. The van der Waals surface area contributed by atoms with Crippen LogP contribution in [0, 0.1) is 5.92 Å². The van der Waals surface area contributed by atoms with Crippen LogP contribution in [0.15, 0.2) is 268 Å². The Morgan fingerprint density at radius 2 is 1.12 bits per heavy atom. The minimum absolute atomic E-state index is 0.0102. The molecule has 0 aliphatic carbocycles. The number of benzene rings is 8. The number of halogens is 1. The summed E-state index contributed by atoms with van der Waals surface area (Å²) in [6.07, 6.45) is 0.294. The van der Waals surface area contributed by atoms with Gasteiger partial charge in [0, 0.05) is 33.4 Å². The van der Waals surface area contributed by atoms with E-state index in [0.717, 1.165) is 43.5 Å². The van der Waals surface area contributed by atoms with Gasteiger partial charge in [-0.2, -0.15) is 0 Å². The van der Waals surface area contributed by atoms with Gasteiger partial charge in [0.2, 0.25) is 5.60 Å². The number of carboxylic acids is 1. The summed E-state index contributed by atoms with van der Waals surface area (Å²) >= 11 is 12.8. The molecule has 17 heteroatoms. The molecule has 10 aromatic rings. The second kappa shape index (κ2) is 25.1. The molecule has 3 N–H and O–H groups in total. The highest BCUT2D eigenvalue weighted by Gasteiger charge is 2.57. The van der Waals surface area contributed by atoms with Crippen LogP contribution in [0.3, 0.4) is 0 Å². The third-order valence-corrected chi connectivity index (χ3v) is 19.6. The van der Waals surface area contributed by atoms with Gasteiger partial charge in [-0.3, -0.25) is 14.5 Å². The number of rotatable bonds is 21. The number of oxime groups is 1. The fourth-order valence-electron chi connectivity index (χ4n) is 11.5. The lowest BCUT2D eigenvalue weighted by Crippen LogP contribution is -2.73. The second-order valence-electron chi connectivity index (χ2n) is 19.9. The molecule has 0 radical (unpaired) electrons. The molecule has 1 fully saturated rings. The molecule has 12 nitrogen and oxygen atoms in total. The number of carboxylic acid groups (broad SMARTS) is 1. The number of anilines is 1. The van der Waals surface area contributed by atoms with Gasteiger partial charge in [0.05, 0.1) is 11.1 Å². The van der Waals surface area contributed by atoms with Gasteiger partial charge in [0.1, 0.15) is 32.8 Å². The van der Waals surface area contributed by atoms with Crippen LogP contribution in [-0.4, -0.2) is 65.9 Å². The van der Waals surface area contributed by atoms with E-state index in [2.05, 4.69) is 57.2 Å². The van der Waals surface area contributed by atoms with Crippen molar-refractivity contribution < 1.29 is 24.3 Å². The number of thiazole rings is 1. The quantitative estimate of drug-likeness (QED) is 0.0157. The molecule has 1 unspecified atom stereocenters. The minimum Gasteiger partial charge on any atom is -0.477 e. The minimum atomic E-state index is -1.45. The van der Waals surface area contributed by atoms with Crippen LogP contribution in [0.4, 0.5) is 5.13 Å². The van der Waals surface area contributed by atoms with Crippen LogP contribution in [0.5, 0.6) is 0 Å². The molecule has 84 heavy (non-hydrogen) atoms. The summed E-state index contributed by atoms with van der Waals surface area (Å²) in [4.78, 5) is 58.8. The number of hydrogen-bond acceptors (Lipinski definition) is 13. The van der Waals surface area contributed by atoms with E-state index < -0.39 is 46.9 Å². The second-order valence-corrected chi connectivity index (χ2v) is 25.0. The first-order valence-corrected chi connectivity index (χ1v) is 31.1. The number of amides is 2. The van der Waals surface area contributed by atoms with Crippen LogP contribution < -0.4 is 10.6 Å². The van der Waals surface area contributed by atoms with Gasteiger partial charge >= 0.3 is 5.97 Å². The number of hydrogen-bond donors (Lipinski definition) is 3. The van der Waals surface area contributed by atoms with Gasteiger partial charge < -0.3 is 20.6 Å². The molecule has 0 saturated carbocycles. The fourth-order valence-corrected chi connectivity index (χ4v) is 15.8. The Morgan fingerprint density at radius 1 is 0.667 bits per heavy atom. The van der Waals surface area contributed by atoms with Gasteiger partial charge in [-0.25, -0.2) is 9.78 Å². The lowest BCUT2D eigenvalue weighted by Gasteiger charge is -2.53. The van der Waals surface area contributed by atoms with Crippen LogP contribution in [0.2, 0.25) is 4.34 Å². The van der Waals surface area contributed by atoms with Gasteiger partial charge in [-0.05, 0) is 34.2 Å². The molecule has 8 aromatic carbocycles. The normalized spacial score (nSPS) is 16.2. The molecule has 12 rings (SSSR count). The largest absolute Gasteiger partial charge is 0.477 e. The van der Waals surface area contributed by atoms with E-state index in [1.165, 1.54) is 39.8 Å². The first-order valence-electron chi connectivity index (χ1n) is 27.0. The standard InChI is InChI=1S/C67H52ClN7O5S4/c68-60-56(71-64(84-60)72-66(46-29-13-3-14-30-46,47-31-15-4-16-32-47)48-33-17-5-18-34-48)57(74-80-67(49-35-19-6-20-36-49,50-37-21-7-22-38-50)51-39-23-8-24-40-51)61(76)70-55-53-41-52(54(44-25-9-1-10-26-44)45-27-11-2-12-28-45)59(58(63(78)79)75(53)62(55)77)82-43-83-65-73-69-42-81-65/h1-40,42,52-55H,41,43H2,(H,70,76)(H,71,72)(H,78,79)/t52?,53-,55+/m1/s1. The lowest BCUT2D eigenvalue weighted by molar-refractivity contribution is -0.156. The van der Waals surface area contributed by atoms with Crippen molar-refractivity contribution in [1.29, 1.82) is 0 Å². The van der Waals surface area contributed by atoms with Crippen LogP contribution in [0.1, 0.15) is 62.5 Å². The number of thioether (sulfide) groups is 2. The van der Waals surface area contributed by atoms with Crippen molar-refractivity contribution in [1.82, 2.24) is 25.4 Å². The maximum atomic E-state index is 15.8. The average Bonchev–Trinajstić information content (AvgIpc) is 1.42. The number of nitrogens with one attached hydrogen (secondary N) is 2. The number of nitrogens with zero attached hydrogens (tertiary/aromatic N) is 5. The molecule has 3 atom stereocenters. The van der Waals surface area contributed by atoms with Crippen LogP contribution in [-0.2, 0) is 30.4 Å². The highest BCUT2D eigenvalue weighted by atomic mass is 35.5. The highest BCUT2D eigenvalue weighted by molar-refractivity contribution is 8.18. The molecular weight excluding hydrogens is 1150 g/mol. The third kappa shape index (κ3) is 10.9. The molecule has 1 saturated heterocycles. The number of carbonyl (C=O) groups is 3. The number of carbonyl (C=O) groups excluding carboxylic acids is 2. The molecule has 0 bridgehead atoms. The summed E-state index contributed by atoms with van der Waals surface area (Å²) in [5.74, 6) is -3.47. The monoisotopic (exact) mass is 1200 g/mol. The van der Waals surface area contributed by atoms with Crippen molar-refractivity contribution in [2.75, 3.05) is 10.4 Å². The molecule has 416 valence electrons. The maximum absolute atomic E-state index is 15.8. The Labute approximate surface area is 507 Å². The van der Waals surface area contributed by atoms with E-state index in [1.54, 1.807) is 5.51 Å². The van der Waals surface area contributed by atoms with Crippen molar-refractivity contribution >= 4 is 86.4 Å². The Kier molecular flexibility index (Phi) is 16.7. The summed E-state index contributed by atoms with van der Waals surface area (Å²) in [5.41, 5.74) is 5.54. The molecule has 0 spiro atoms. The van der Waals surface area contributed by atoms with E-state index in [0.29, 0.717) is 38.2 Å². The topological polar surface area (TPSA) is 159 Å². The van der Waals surface area contributed by atoms with Crippen LogP contribution >= 0.6 is 57.8 Å². The molecule has 2 aromatic heterocycles. The maximum Gasteiger partial charge on any atom is 0.353 e. The predicted octanol–water partition coefficient (Wildman–Crippen LogP) is 14.1. The summed E-state index contributed by atoms with van der Waals surface area (Å²) in [5, 5.41) is 32.0. The average molecular weight is 1200 g/mol. The van der Waals surface area contributed by atoms with Gasteiger partial charge in [0.15, 0.2) is 15.2 Å². The van der Waals surface area contributed by atoms with Crippen molar-refractivity contribution in [3.8, 4) is 0 Å². The van der Waals surface area contributed by atoms with Gasteiger partial charge in [-0.1, -0.05) is 294 Å². The number of aromatic nitrogens is 3. The Bertz CT molecular complexity index is 3720. The van der Waals surface area contributed by atoms with Crippen LogP contribution in [0.25, 0.3) is 0 Å². The molecule has 2 amide bonds. The first kappa shape index (κ1) is 55.9.